The van der Waals surface area contributed by atoms with Crippen molar-refractivity contribution in [1.82, 2.24) is 15.1 Å². The first-order valence-electron chi connectivity index (χ1n) is 7.44. The van der Waals surface area contributed by atoms with E-state index in [1.165, 1.54) is 13.0 Å². The molecule has 2 aliphatic rings. The van der Waals surface area contributed by atoms with E-state index in [2.05, 4.69) is 36.0 Å². The van der Waals surface area contributed by atoms with Gasteiger partial charge in [0.15, 0.2) is 0 Å². The molecule has 0 saturated carbocycles. The van der Waals surface area contributed by atoms with Crippen molar-refractivity contribution in [3.8, 4) is 0 Å². The number of piperidine rings is 1. The standard InChI is InChI=1S/C14H27N3O/c1-4-7-13-15-12(5-2)14(18)17(13)11-8-6-9-16(3)10-11/h11-13,15H,4-10H2,1-3H3. The molecular weight excluding hydrogens is 226 g/mol. The molecule has 1 N–H and O–H groups in total. The first-order chi connectivity index (χ1) is 8.67. The molecule has 2 fully saturated rings. The highest BCUT2D eigenvalue weighted by molar-refractivity contribution is 5.84. The first kappa shape index (κ1) is 13.8. The Kier molecular flexibility index (Phi) is 4.62. The molecule has 4 nitrogen and oxygen atoms in total. The lowest BCUT2D eigenvalue weighted by Crippen LogP contribution is -2.51. The second-order valence-corrected chi connectivity index (χ2v) is 5.74. The highest BCUT2D eigenvalue weighted by Crippen LogP contribution is 2.24. The van der Waals surface area contributed by atoms with E-state index in [1.807, 2.05) is 0 Å². The Bertz CT molecular complexity index is 295. The predicted molar refractivity (Wildman–Crippen MR) is 73.3 cm³/mol. The van der Waals surface area contributed by atoms with Crippen LogP contribution in [-0.2, 0) is 4.79 Å². The summed E-state index contributed by atoms with van der Waals surface area (Å²) in [6.07, 6.45) is 5.74. The fourth-order valence-electron chi connectivity index (χ4n) is 3.31. The molecule has 2 rings (SSSR count). The summed E-state index contributed by atoms with van der Waals surface area (Å²) in [5.41, 5.74) is 0. The zero-order chi connectivity index (χ0) is 13.1. The minimum absolute atomic E-state index is 0.0498. The van der Waals surface area contributed by atoms with Crippen LogP contribution in [0.2, 0.25) is 0 Å². The van der Waals surface area contributed by atoms with E-state index >= 15 is 0 Å². The largest absolute Gasteiger partial charge is 0.322 e. The number of likely N-dealkylation sites (N-methyl/N-ethyl adjacent to an activating group) is 1. The molecule has 2 heterocycles. The van der Waals surface area contributed by atoms with Crippen LogP contribution in [0.4, 0.5) is 0 Å². The smallest absolute Gasteiger partial charge is 0.241 e. The van der Waals surface area contributed by atoms with E-state index in [1.54, 1.807) is 0 Å². The lowest BCUT2D eigenvalue weighted by atomic mass is 10.0. The number of hydrogen-bond donors (Lipinski definition) is 1. The van der Waals surface area contributed by atoms with Gasteiger partial charge in [-0.3, -0.25) is 10.1 Å². The third-order valence-corrected chi connectivity index (χ3v) is 4.25. The number of nitrogens with one attached hydrogen (secondary N) is 1. The van der Waals surface area contributed by atoms with Crippen molar-refractivity contribution in [2.45, 2.75) is 64.2 Å². The van der Waals surface area contributed by atoms with E-state index in [0.717, 1.165) is 32.2 Å². The summed E-state index contributed by atoms with van der Waals surface area (Å²) in [6.45, 7) is 6.48. The third-order valence-electron chi connectivity index (χ3n) is 4.25. The molecule has 2 saturated heterocycles. The average molecular weight is 253 g/mol. The van der Waals surface area contributed by atoms with Crippen molar-refractivity contribution in [3.63, 3.8) is 0 Å². The summed E-state index contributed by atoms with van der Waals surface area (Å²) < 4.78 is 0. The van der Waals surface area contributed by atoms with Gasteiger partial charge in [-0.15, -0.1) is 0 Å². The van der Waals surface area contributed by atoms with Crippen LogP contribution in [0.5, 0.6) is 0 Å². The van der Waals surface area contributed by atoms with Gasteiger partial charge in [-0.25, -0.2) is 0 Å². The molecule has 1 amide bonds. The number of carbonyl (C=O) groups excluding carboxylic acids is 1. The van der Waals surface area contributed by atoms with Gasteiger partial charge in [0, 0.05) is 12.6 Å². The Morgan fingerprint density at radius 2 is 2.17 bits per heavy atom. The predicted octanol–water partition coefficient (Wildman–Crippen LogP) is 1.42. The van der Waals surface area contributed by atoms with Gasteiger partial charge < -0.3 is 9.80 Å². The molecule has 3 atom stereocenters. The number of amides is 1. The van der Waals surface area contributed by atoms with Crippen LogP contribution in [0.15, 0.2) is 0 Å². The Balaban J connectivity index is 2.08. The van der Waals surface area contributed by atoms with Crippen molar-refractivity contribution in [2.24, 2.45) is 0 Å². The lowest BCUT2D eigenvalue weighted by Gasteiger charge is -2.38. The monoisotopic (exact) mass is 253 g/mol. The van der Waals surface area contributed by atoms with Crippen LogP contribution in [0.1, 0.15) is 46.0 Å². The van der Waals surface area contributed by atoms with E-state index in [4.69, 9.17) is 0 Å². The van der Waals surface area contributed by atoms with Crippen LogP contribution < -0.4 is 5.32 Å². The first-order valence-corrected chi connectivity index (χ1v) is 7.44. The molecule has 104 valence electrons. The Hall–Kier alpha value is -0.610. The average Bonchev–Trinajstić information content (AvgIpc) is 2.66. The summed E-state index contributed by atoms with van der Waals surface area (Å²) in [5, 5.41) is 3.51. The van der Waals surface area contributed by atoms with Crippen LogP contribution in [0.25, 0.3) is 0 Å². The van der Waals surface area contributed by atoms with E-state index in [-0.39, 0.29) is 12.2 Å². The Labute approximate surface area is 111 Å². The maximum Gasteiger partial charge on any atom is 0.241 e. The fraction of sp³-hybridized carbons (Fsp3) is 0.929. The molecule has 0 aliphatic carbocycles. The molecule has 0 aromatic rings. The van der Waals surface area contributed by atoms with Crippen molar-refractivity contribution in [2.75, 3.05) is 20.1 Å². The highest BCUT2D eigenvalue weighted by Gasteiger charge is 2.41. The lowest BCUT2D eigenvalue weighted by molar-refractivity contribution is -0.133. The van der Waals surface area contributed by atoms with Crippen LogP contribution in [0, 0.1) is 0 Å². The Morgan fingerprint density at radius 1 is 1.39 bits per heavy atom. The zero-order valence-corrected chi connectivity index (χ0v) is 12.0. The second-order valence-electron chi connectivity index (χ2n) is 5.74. The maximum absolute atomic E-state index is 12.5. The quantitative estimate of drug-likeness (QED) is 0.823. The zero-order valence-electron chi connectivity index (χ0n) is 12.0. The third kappa shape index (κ3) is 2.69. The molecule has 3 unspecified atom stereocenters. The minimum atomic E-state index is 0.0498. The van der Waals surface area contributed by atoms with Gasteiger partial charge >= 0.3 is 0 Å². The van der Waals surface area contributed by atoms with Crippen LogP contribution in [-0.4, -0.2) is 54.1 Å². The molecule has 4 heteroatoms. The molecule has 18 heavy (non-hydrogen) atoms. The summed E-state index contributed by atoms with van der Waals surface area (Å²) in [4.78, 5) is 17.0. The van der Waals surface area contributed by atoms with Crippen molar-refractivity contribution >= 4 is 5.91 Å². The molecule has 0 bridgehead atoms. The van der Waals surface area contributed by atoms with Crippen molar-refractivity contribution in [3.05, 3.63) is 0 Å². The van der Waals surface area contributed by atoms with E-state index in [9.17, 15) is 4.79 Å². The van der Waals surface area contributed by atoms with Gasteiger partial charge in [0.2, 0.25) is 5.91 Å². The fourth-order valence-corrected chi connectivity index (χ4v) is 3.31. The summed E-state index contributed by atoms with van der Waals surface area (Å²) >= 11 is 0. The van der Waals surface area contributed by atoms with E-state index < -0.39 is 0 Å². The van der Waals surface area contributed by atoms with Crippen molar-refractivity contribution < 1.29 is 4.79 Å². The van der Waals surface area contributed by atoms with Gasteiger partial charge in [-0.1, -0.05) is 20.3 Å². The highest BCUT2D eigenvalue weighted by atomic mass is 16.2. The molecule has 0 spiro atoms. The Morgan fingerprint density at radius 3 is 2.78 bits per heavy atom. The summed E-state index contributed by atoms with van der Waals surface area (Å²) in [6, 6.07) is 0.464. The number of hydrogen-bond acceptors (Lipinski definition) is 3. The van der Waals surface area contributed by atoms with E-state index in [0.29, 0.717) is 11.9 Å². The molecule has 0 radical (unpaired) electrons. The number of carbonyl (C=O) groups is 1. The topological polar surface area (TPSA) is 35.6 Å². The number of likely N-dealkylation sites (tertiary alicyclic amines) is 1. The molecular formula is C14H27N3O. The van der Waals surface area contributed by atoms with Crippen LogP contribution >= 0.6 is 0 Å². The number of rotatable bonds is 4. The van der Waals surface area contributed by atoms with Gasteiger partial charge in [0.05, 0.1) is 12.2 Å². The molecule has 2 aliphatic heterocycles. The van der Waals surface area contributed by atoms with Gasteiger partial charge in [-0.2, -0.15) is 0 Å². The summed E-state index contributed by atoms with van der Waals surface area (Å²) in [7, 11) is 2.16. The molecule has 0 aromatic carbocycles. The number of nitrogens with zero attached hydrogens (tertiary/aromatic N) is 2. The normalized spacial score (nSPS) is 34.3. The second kappa shape index (κ2) is 6.02. The van der Waals surface area contributed by atoms with Gasteiger partial charge in [0.1, 0.15) is 0 Å². The maximum atomic E-state index is 12.5. The summed E-state index contributed by atoms with van der Waals surface area (Å²) in [5.74, 6) is 0.330. The minimum Gasteiger partial charge on any atom is -0.322 e. The SMILES string of the molecule is CCCC1NC(CC)C(=O)N1C1CCCN(C)C1. The van der Waals surface area contributed by atoms with Gasteiger partial charge in [0.25, 0.3) is 0 Å². The molecule has 0 aromatic heterocycles. The van der Waals surface area contributed by atoms with Crippen LogP contribution in [0.3, 0.4) is 0 Å². The van der Waals surface area contributed by atoms with Gasteiger partial charge in [-0.05, 0) is 39.3 Å². The van der Waals surface area contributed by atoms with Crippen molar-refractivity contribution in [1.29, 1.82) is 0 Å².